The maximum Gasteiger partial charge on any atom is 0.412 e. The van der Waals surface area contributed by atoms with Crippen LogP contribution in [0.3, 0.4) is 0 Å². The second-order valence-electron chi connectivity index (χ2n) is 4.69. The third kappa shape index (κ3) is 10.1. The minimum Gasteiger partial charge on any atom is -0.460 e. The lowest BCUT2D eigenvalue weighted by Crippen LogP contribution is -2.23. The van der Waals surface area contributed by atoms with E-state index in [2.05, 4.69) is 13.8 Å². The maximum absolute atomic E-state index is 12.1. The van der Waals surface area contributed by atoms with Crippen LogP contribution in [0.2, 0.25) is 0 Å². The van der Waals surface area contributed by atoms with Crippen LogP contribution in [0.15, 0.2) is 30.3 Å². The van der Waals surface area contributed by atoms with E-state index in [9.17, 15) is 35.7 Å². The zero-order valence-corrected chi connectivity index (χ0v) is 13.4. The monoisotopic (exact) mass is 394 g/mol. The number of rotatable bonds is 8. The fourth-order valence-corrected chi connectivity index (χ4v) is 2.76. The van der Waals surface area contributed by atoms with Gasteiger partial charge in [0.05, 0.1) is 0 Å². The Kier molecular flexibility index (Phi) is 7.45. The van der Waals surface area contributed by atoms with Gasteiger partial charge in [0.15, 0.2) is 13.2 Å². The summed E-state index contributed by atoms with van der Waals surface area (Å²) in [5.41, 5.74) is 0.512. The van der Waals surface area contributed by atoms with Gasteiger partial charge in [-0.3, -0.25) is 18.4 Å². The minimum atomic E-state index is -5.00. The van der Waals surface area contributed by atoms with Crippen LogP contribution in [-0.4, -0.2) is 37.7 Å². The number of carbonyl (C=O) groups excluding carboxylic acids is 1. The number of hydrogen-bond acceptors (Lipinski definition) is 5. The van der Waals surface area contributed by atoms with Crippen LogP contribution >= 0.6 is 7.60 Å². The van der Waals surface area contributed by atoms with Gasteiger partial charge in [0.25, 0.3) is 0 Å². The molecule has 0 spiro atoms. The molecule has 5 nitrogen and oxygen atoms in total. The molecule has 0 saturated carbocycles. The first-order valence-corrected chi connectivity index (χ1v) is 8.32. The van der Waals surface area contributed by atoms with Crippen LogP contribution in [0, 0.1) is 0 Å². The summed E-state index contributed by atoms with van der Waals surface area (Å²) >= 11 is 0. The second-order valence-corrected chi connectivity index (χ2v) is 6.75. The molecule has 0 aromatic heterocycles. The van der Waals surface area contributed by atoms with Crippen molar-refractivity contribution in [1.82, 2.24) is 0 Å². The third-order valence-electron chi connectivity index (χ3n) is 2.42. The lowest BCUT2D eigenvalue weighted by atomic mass is 10.2. The highest BCUT2D eigenvalue weighted by molar-refractivity contribution is 7.54. The first-order valence-electron chi connectivity index (χ1n) is 6.60. The van der Waals surface area contributed by atoms with E-state index in [0.717, 1.165) is 0 Å². The van der Waals surface area contributed by atoms with E-state index in [0.29, 0.717) is 5.56 Å². The molecule has 0 amide bonds. The van der Waals surface area contributed by atoms with Gasteiger partial charge >= 0.3 is 25.9 Å². The molecule has 0 bridgehead atoms. The standard InChI is InChI=1S/C13H13F6O5P/c14-12(15,16)8-23-25(21,24-9-13(17,18)19)7-11(20)22-6-10-4-2-1-3-5-10/h1-5H,6-9H2. The van der Waals surface area contributed by atoms with E-state index in [1.807, 2.05) is 0 Å². The van der Waals surface area contributed by atoms with Crippen molar-refractivity contribution >= 4 is 13.6 Å². The summed E-state index contributed by atoms with van der Waals surface area (Å²) in [5, 5.41) is 0. The molecule has 0 N–H and O–H groups in total. The Hall–Kier alpha value is -1.58. The van der Waals surface area contributed by atoms with E-state index in [-0.39, 0.29) is 6.61 Å². The molecule has 0 heterocycles. The van der Waals surface area contributed by atoms with E-state index in [1.54, 1.807) is 30.3 Å². The highest BCUT2D eigenvalue weighted by Gasteiger charge is 2.40. The molecule has 12 heteroatoms. The molecule has 1 rings (SSSR count). The zero-order valence-electron chi connectivity index (χ0n) is 12.5. The van der Waals surface area contributed by atoms with E-state index in [1.165, 1.54) is 0 Å². The van der Waals surface area contributed by atoms with Gasteiger partial charge in [-0.25, -0.2) is 0 Å². The quantitative estimate of drug-likeness (QED) is 0.378. The first kappa shape index (κ1) is 21.5. The third-order valence-corrected chi connectivity index (χ3v) is 4.11. The summed E-state index contributed by atoms with van der Waals surface area (Å²) in [4.78, 5) is 11.6. The van der Waals surface area contributed by atoms with Crippen LogP contribution in [0.1, 0.15) is 5.56 Å². The van der Waals surface area contributed by atoms with Crippen LogP contribution in [-0.2, 0) is 29.8 Å². The predicted molar refractivity (Wildman–Crippen MR) is 72.7 cm³/mol. The number of benzene rings is 1. The highest BCUT2D eigenvalue weighted by Crippen LogP contribution is 2.50. The molecule has 0 radical (unpaired) electrons. The van der Waals surface area contributed by atoms with Gasteiger partial charge in [-0.15, -0.1) is 0 Å². The molecule has 0 saturated heterocycles. The summed E-state index contributed by atoms with van der Waals surface area (Å²) < 4.78 is 97.2. The Morgan fingerprint density at radius 1 is 0.920 bits per heavy atom. The van der Waals surface area contributed by atoms with Gasteiger partial charge in [0.2, 0.25) is 0 Å². The number of esters is 1. The van der Waals surface area contributed by atoms with E-state index >= 15 is 0 Å². The van der Waals surface area contributed by atoms with Crippen molar-refractivity contribution in [2.75, 3.05) is 19.4 Å². The number of hydrogen-bond donors (Lipinski definition) is 0. The van der Waals surface area contributed by atoms with Gasteiger partial charge < -0.3 is 4.74 Å². The summed E-state index contributed by atoms with van der Waals surface area (Å²) in [6.07, 6.45) is -11.3. The van der Waals surface area contributed by atoms with Crippen molar-refractivity contribution in [3.8, 4) is 0 Å². The van der Waals surface area contributed by atoms with Crippen LogP contribution in [0.5, 0.6) is 0 Å². The zero-order chi connectivity index (χ0) is 19.1. The predicted octanol–water partition coefficient (Wildman–Crippen LogP) is 4.08. The molecule has 0 aliphatic rings. The van der Waals surface area contributed by atoms with Gasteiger partial charge in [-0.2, -0.15) is 26.3 Å². The Morgan fingerprint density at radius 3 is 1.84 bits per heavy atom. The molecule has 0 aliphatic carbocycles. The van der Waals surface area contributed by atoms with Crippen molar-refractivity contribution < 1.29 is 49.5 Å². The van der Waals surface area contributed by atoms with Crippen LogP contribution in [0.4, 0.5) is 26.3 Å². The molecule has 1 aromatic rings. The number of ether oxygens (including phenoxy) is 1. The Labute approximate surface area is 138 Å². The van der Waals surface area contributed by atoms with Gasteiger partial charge in [-0.05, 0) is 5.56 Å². The van der Waals surface area contributed by atoms with Crippen molar-refractivity contribution in [3.05, 3.63) is 35.9 Å². The van der Waals surface area contributed by atoms with Gasteiger partial charge in [0, 0.05) is 0 Å². The Bertz CT molecular complexity index is 579. The lowest BCUT2D eigenvalue weighted by molar-refractivity contribution is -0.166. The number of halogens is 6. The molecule has 142 valence electrons. The normalized spacial score (nSPS) is 12.9. The van der Waals surface area contributed by atoms with Gasteiger partial charge in [0.1, 0.15) is 12.8 Å². The number of carbonyl (C=O) groups is 1. The average molecular weight is 394 g/mol. The Balaban J connectivity index is 2.67. The van der Waals surface area contributed by atoms with Crippen LogP contribution in [0.25, 0.3) is 0 Å². The second kappa shape index (κ2) is 8.68. The number of alkyl halides is 6. The van der Waals surface area contributed by atoms with E-state index in [4.69, 9.17) is 0 Å². The fourth-order valence-electron chi connectivity index (χ4n) is 1.41. The molecular formula is C13H13F6O5P. The average Bonchev–Trinajstić information content (AvgIpc) is 2.49. The molecule has 1 aromatic carbocycles. The van der Waals surface area contributed by atoms with E-state index < -0.39 is 45.3 Å². The fraction of sp³-hybridized carbons (Fsp3) is 0.462. The summed E-state index contributed by atoms with van der Waals surface area (Å²) in [7, 11) is -5.00. The molecule has 0 fully saturated rings. The smallest absolute Gasteiger partial charge is 0.412 e. The molecular weight excluding hydrogens is 381 g/mol. The summed E-state index contributed by atoms with van der Waals surface area (Å²) in [6, 6.07) is 8.04. The molecule has 0 unspecified atom stereocenters. The first-order chi connectivity index (χ1) is 11.4. The van der Waals surface area contributed by atoms with Crippen molar-refractivity contribution in [1.29, 1.82) is 0 Å². The SMILES string of the molecule is O=C(CP(=O)(OCC(F)(F)F)OCC(F)(F)F)OCc1ccccc1. The molecule has 0 aliphatic heterocycles. The van der Waals surface area contributed by atoms with Crippen molar-refractivity contribution in [2.45, 2.75) is 19.0 Å². The highest BCUT2D eigenvalue weighted by atomic mass is 31.2. The minimum absolute atomic E-state index is 0.307. The molecule has 25 heavy (non-hydrogen) atoms. The summed E-state index contributed by atoms with van der Waals surface area (Å²) in [5.74, 6) is -1.32. The topological polar surface area (TPSA) is 61.8 Å². The van der Waals surface area contributed by atoms with Crippen molar-refractivity contribution in [2.24, 2.45) is 0 Å². The largest absolute Gasteiger partial charge is 0.460 e. The van der Waals surface area contributed by atoms with Gasteiger partial charge in [-0.1, -0.05) is 30.3 Å². The van der Waals surface area contributed by atoms with Crippen LogP contribution < -0.4 is 0 Å². The Morgan fingerprint density at radius 2 is 1.40 bits per heavy atom. The summed E-state index contributed by atoms with van der Waals surface area (Å²) in [6.45, 7) is -4.57. The lowest BCUT2D eigenvalue weighted by Gasteiger charge is -2.19. The molecule has 0 atom stereocenters. The van der Waals surface area contributed by atoms with Crippen molar-refractivity contribution in [3.63, 3.8) is 0 Å². The maximum atomic E-state index is 12.1.